The molecule has 0 radical (unpaired) electrons. The van der Waals surface area contributed by atoms with Gasteiger partial charge in [0.05, 0.1) is 0 Å². The lowest BCUT2D eigenvalue weighted by Crippen LogP contribution is -2.49. The molecule has 3 amide bonds. The molecule has 2 heterocycles. The van der Waals surface area contributed by atoms with E-state index in [2.05, 4.69) is 31.2 Å². The minimum Gasteiger partial charge on any atom is -0.320 e. The molecule has 5 heteroatoms. The van der Waals surface area contributed by atoms with E-state index >= 15 is 0 Å². The van der Waals surface area contributed by atoms with E-state index in [1.165, 1.54) is 11.1 Å². The molecule has 3 aromatic carbocycles. The number of anilines is 2. The number of urea groups is 1. The first-order valence-corrected chi connectivity index (χ1v) is 11.2. The van der Waals surface area contributed by atoms with Crippen LogP contribution in [0.25, 0.3) is 0 Å². The maximum atomic E-state index is 13.2. The molecule has 0 unspecified atom stereocenters. The molecule has 0 spiro atoms. The summed E-state index contributed by atoms with van der Waals surface area (Å²) in [6.07, 6.45) is 1.81. The van der Waals surface area contributed by atoms with Crippen molar-refractivity contribution in [1.82, 2.24) is 4.90 Å². The number of hydrogen-bond donors (Lipinski definition) is 0. The van der Waals surface area contributed by atoms with Crippen molar-refractivity contribution in [3.63, 3.8) is 0 Å². The largest absolute Gasteiger partial charge is 0.324 e. The van der Waals surface area contributed by atoms with Crippen molar-refractivity contribution < 1.29 is 9.59 Å². The minimum atomic E-state index is 0.00699. The van der Waals surface area contributed by atoms with E-state index in [9.17, 15) is 9.59 Å². The highest BCUT2D eigenvalue weighted by Crippen LogP contribution is 2.29. The van der Waals surface area contributed by atoms with Gasteiger partial charge in [-0.05, 0) is 61.2 Å². The zero-order valence-electron chi connectivity index (χ0n) is 18.3. The van der Waals surface area contributed by atoms with Crippen LogP contribution >= 0.6 is 0 Å². The number of amides is 3. The number of benzene rings is 3. The summed E-state index contributed by atoms with van der Waals surface area (Å²) in [5, 5.41) is 0. The molecule has 0 aliphatic carbocycles. The second-order valence-electron chi connectivity index (χ2n) is 8.58. The second kappa shape index (κ2) is 8.50. The van der Waals surface area contributed by atoms with Crippen LogP contribution in [0.2, 0.25) is 0 Å². The van der Waals surface area contributed by atoms with Crippen molar-refractivity contribution in [3.8, 4) is 0 Å². The lowest BCUT2D eigenvalue weighted by molar-refractivity contribution is 0.0989. The van der Waals surface area contributed by atoms with E-state index in [1.807, 2.05) is 63.2 Å². The topological polar surface area (TPSA) is 43.9 Å². The molecule has 0 aromatic heterocycles. The number of hydrogen-bond acceptors (Lipinski definition) is 2. The first-order valence-electron chi connectivity index (χ1n) is 11.2. The molecule has 2 aliphatic rings. The number of aryl methyl sites for hydroxylation is 1. The molecule has 1 saturated heterocycles. The highest BCUT2D eigenvalue weighted by Gasteiger charge is 2.28. The number of carbonyl (C=O) groups is 2. The average molecular weight is 426 g/mol. The van der Waals surface area contributed by atoms with Gasteiger partial charge in [-0.3, -0.25) is 9.69 Å². The van der Waals surface area contributed by atoms with Crippen molar-refractivity contribution in [2.45, 2.75) is 26.3 Å². The molecule has 3 aromatic rings. The van der Waals surface area contributed by atoms with Gasteiger partial charge in [-0.25, -0.2) is 4.79 Å². The molecular formula is C27H27N3O2. The Kier molecular flexibility index (Phi) is 5.39. The lowest BCUT2D eigenvalue weighted by atomic mass is 10.1. The van der Waals surface area contributed by atoms with Gasteiger partial charge in [-0.2, -0.15) is 0 Å². The first-order chi connectivity index (χ1) is 15.6. The fourth-order valence-corrected chi connectivity index (χ4v) is 4.69. The SMILES string of the molecule is Cc1cccc(CN2CCCN(c3ccc(C(=O)N4CCc5ccccc54)cc3)C2=O)c1. The third kappa shape index (κ3) is 3.86. The van der Waals surface area contributed by atoms with Crippen molar-refractivity contribution in [3.05, 3.63) is 95.1 Å². The summed E-state index contributed by atoms with van der Waals surface area (Å²) in [4.78, 5) is 31.8. The number of fused-ring (bicyclic) bond motifs is 1. The molecule has 0 bridgehead atoms. The van der Waals surface area contributed by atoms with Crippen LogP contribution in [0, 0.1) is 6.92 Å². The number of para-hydroxylation sites is 1. The maximum absolute atomic E-state index is 13.2. The van der Waals surface area contributed by atoms with Crippen molar-refractivity contribution in [2.75, 3.05) is 29.4 Å². The van der Waals surface area contributed by atoms with Crippen LogP contribution < -0.4 is 9.80 Å². The van der Waals surface area contributed by atoms with Gasteiger partial charge in [-0.1, -0.05) is 48.0 Å². The van der Waals surface area contributed by atoms with Crippen LogP contribution in [0.15, 0.2) is 72.8 Å². The Hall–Kier alpha value is -3.60. The summed E-state index contributed by atoms with van der Waals surface area (Å²) in [7, 11) is 0. The number of rotatable bonds is 4. The maximum Gasteiger partial charge on any atom is 0.324 e. The minimum absolute atomic E-state index is 0.00699. The summed E-state index contributed by atoms with van der Waals surface area (Å²) >= 11 is 0. The Morgan fingerprint density at radius 2 is 1.72 bits per heavy atom. The van der Waals surface area contributed by atoms with Crippen LogP contribution in [0.3, 0.4) is 0 Å². The molecular weight excluding hydrogens is 398 g/mol. The molecule has 2 aliphatic heterocycles. The summed E-state index contributed by atoms with van der Waals surface area (Å²) in [6, 6.07) is 23.8. The quantitative estimate of drug-likeness (QED) is 0.588. The molecule has 162 valence electrons. The van der Waals surface area contributed by atoms with E-state index in [0.717, 1.165) is 36.3 Å². The Balaban J connectivity index is 1.30. The molecule has 0 N–H and O–H groups in total. The molecule has 0 atom stereocenters. The fourth-order valence-electron chi connectivity index (χ4n) is 4.69. The third-order valence-corrected chi connectivity index (χ3v) is 6.33. The molecule has 5 rings (SSSR count). The van der Waals surface area contributed by atoms with Gasteiger partial charge in [0, 0.05) is 43.1 Å². The molecule has 5 nitrogen and oxygen atoms in total. The van der Waals surface area contributed by atoms with Crippen molar-refractivity contribution in [1.29, 1.82) is 0 Å². The normalized spacial score (nSPS) is 15.8. The van der Waals surface area contributed by atoms with Gasteiger partial charge in [0.15, 0.2) is 0 Å². The zero-order chi connectivity index (χ0) is 22.1. The average Bonchev–Trinajstić information content (AvgIpc) is 3.24. The molecule has 1 fully saturated rings. The van der Waals surface area contributed by atoms with Gasteiger partial charge >= 0.3 is 6.03 Å². The Bertz CT molecular complexity index is 1160. The molecule has 0 saturated carbocycles. The number of nitrogens with zero attached hydrogens (tertiary/aromatic N) is 3. The standard InChI is InChI=1S/C27H27N3O2/c1-20-6-4-7-21(18-20)19-28-15-5-16-29(27(28)32)24-12-10-23(11-13-24)26(31)30-17-14-22-8-2-3-9-25(22)30/h2-4,6-13,18H,5,14-17,19H2,1H3. The highest BCUT2D eigenvalue weighted by atomic mass is 16.2. The third-order valence-electron chi connectivity index (χ3n) is 6.33. The molecule has 32 heavy (non-hydrogen) atoms. The Labute approximate surface area is 188 Å². The van der Waals surface area contributed by atoms with E-state index in [1.54, 1.807) is 0 Å². The Morgan fingerprint density at radius 1 is 0.906 bits per heavy atom. The van der Waals surface area contributed by atoms with E-state index in [0.29, 0.717) is 25.2 Å². The smallest absolute Gasteiger partial charge is 0.320 e. The van der Waals surface area contributed by atoms with Gasteiger partial charge in [-0.15, -0.1) is 0 Å². The predicted octanol–water partition coefficient (Wildman–Crippen LogP) is 5.03. The lowest BCUT2D eigenvalue weighted by Gasteiger charge is -2.35. The van der Waals surface area contributed by atoms with Crippen LogP contribution in [-0.4, -0.2) is 36.5 Å². The van der Waals surface area contributed by atoms with Crippen molar-refractivity contribution >= 4 is 23.3 Å². The van der Waals surface area contributed by atoms with Gasteiger partial charge < -0.3 is 9.80 Å². The predicted molar refractivity (Wildman–Crippen MR) is 127 cm³/mol. The van der Waals surface area contributed by atoms with Crippen LogP contribution in [0.1, 0.15) is 33.5 Å². The highest BCUT2D eigenvalue weighted by molar-refractivity contribution is 6.07. The van der Waals surface area contributed by atoms with Gasteiger partial charge in [0.25, 0.3) is 5.91 Å². The summed E-state index contributed by atoms with van der Waals surface area (Å²) in [5.74, 6) is 0.00699. The summed E-state index contributed by atoms with van der Waals surface area (Å²) in [6.45, 7) is 4.84. The Morgan fingerprint density at radius 3 is 2.53 bits per heavy atom. The second-order valence-corrected chi connectivity index (χ2v) is 8.58. The van der Waals surface area contributed by atoms with E-state index < -0.39 is 0 Å². The van der Waals surface area contributed by atoms with E-state index in [-0.39, 0.29) is 11.9 Å². The summed E-state index contributed by atoms with van der Waals surface area (Å²) in [5.41, 5.74) is 6.04. The van der Waals surface area contributed by atoms with Crippen molar-refractivity contribution in [2.24, 2.45) is 0 Å². The van der Waals surface area contributed by atoms with Crippen LogP contribution in [0.5, 0.6) is 0 Å². The monoisotopic (exact) mass is 425 g/mol. The van der Waals surface area contributed by atoms with Gasteiger partial charge in [0.2, 0.25) is 0 Å². The van der Waals surface area contributed by atoms with E-state index in [4.69, 9.17) is 0 Å². The fraction of sp³-hybridized carbons (Fsp3) is 0.259. The summed E-state index contributed by atoms with van der Waals surface area (Å²) < 4.78 is 0. The van der Waals surface area contributed by atoms with Crippen LogP contribution in [-0.2, 0) is 13.0 Å². The zero-order valence-corrected chi connectivity index (χ0v) is 18.3. The number of carbonyl (C=O) groups excluding carboxylic acids is 2. The first kappa shape index (κ1) is 20.3. The van der Waals surface area contributed by atoms with Gasteiger partial charge in [0.1, 0.15) is 0 Å². The van der Waals surface area contributed by atoms with Crippen LogP contribution in [0.4, 0.5) is 16.2 Å².